The predicted octanol–water partition coefficient (Wildman–Crippen LogP) is 2.12. The molecular weight excluding hydrogens is 526 g/mol. The molecule has 14 heteroatoms. The van der Waals surface area contributed by atoms with Crippen molar-refractivity contribution >= 4 is 63.6 Å². The maximum atomic E-state index is 13.4. The number of hydrogen-bond acceptors (Lipinski definition) is 9. The minimum atomic E-state index is -1.35. The number of nitrogens with two attached hydrogens (primary N) is 2. The molecule has 202 valence electrons. The number of H-pyrrole nitrogens is 1. The zero-order valence-corrected chi connectivity index (χ0v) is 21.3. The van der Waals surface area contributed by atoms with E-state index in [2.05, 4.69) is 20.3 Å². The molecule has 0 unspecified atom stereocenters. The Hall–Kier alpha value is -4.98. The first-order valence-corrected chi connectivity index (χ1v) is 12.6. The van der Waals surface area contributed by atoms with Crippen molar-refractivity contribution in [2.75, 3.05) is 22.9 Å². The number of carbonyl (C=O) groups excluding carboxylic acids is 2. The number of carboxylic acids is 2. The lowest BCUT2D eigenvalue weighted by atomic mass is 10.1. The monoisotopic (exact) mass is 551 g/mol. The van der Waals surface area contributed by atoms with E-state index in [1.807, 2.05) is 0 Å². The Kier molecular flexibility index (Phi) is 8.05. The lowest BCUT2D eigenvalue weighted by Gasteiger charge is -2.23. The van der Waals surface area contributed by atoms with Gasteiger partial charge in [-0.25, -0.2) is 4.79 Å². The molecule has 0 radical (unpaired) electrons. The van der Waals surface area contributed by atoms with Crippen LogP contribution >= 0.6 is 11.3 Å². The number of aliphatic carboxylic acids is 2. The van der Waals surface area contributed by atoms with Crippen molar-refractivity contribution in [2.24, 2.45) is 0 Å². The molecule has 0 aliphatic rings. The highest BCUT2D eigenvalue weighted by molar-refractivity contribution is 7.12. The number of benzene rings is 1. The highest BCUT2D eigenvalue weighted by Crippen LogP contribution is 2.25. The summed E-state index contributed by atoms with van der Waals surface area (Å²) in [5.41, 5.74) is 13.7. The number of hydrogen-bond donors (Lipinski definition) is 6. The van der Waals surface area contributed by atoms with Gasteiger partial charge in [0.15, 0.2) is 0 Å². The molecule has 39 heavy (non-hydrogen) atoms. The number of nitrogens with zero attached hydrogens (tertiary/aromatic N) is 3. The largest absolute Gasteiger partial charge is 0.481 e. The van der Waals surface area contributed by atoms with Crippen LogP contribution in [0.3, 0.4) is 0 Å². The van der Waals surface area contributed by atoms with Crippen LogP contribution in [0.15, 0.2) is 48.0 Å². The van der Waals surface area contributed by atoms with Gasteiger partial charge in [-0.05, 0) is 54.1 Å². The third-order valence-electron chi connectivity index (χ3n) is 5.93. The fourth-order valence-electron chi connectivity index (χ4n) is 4.01. The number of aromatic amines is 1. The molecule has 4 aromatic rings. The van der Waals surface area contributed by atoms with Crippen LogP contribution in [-0.4, -0.2) is 61.5 Å². The van der Waals surface area contributed by atoms with E-state index < -0.39 is 30.3 Å². The van der Waals surface area contributed by atoms with Crippen molar-refractivity contribution < 1.29 is 29.4 Å². The smallest absolute Gasteiger partial charge is 0.326 e. The van der Waals surface area contributed by atoms with Crippen LogP contribution in [-0.2, 0) is 16.0 Å². The third-order valence-corrected chi connectivity index (χ3v) is 6.79. The van der Waals surface area contributed by atoms with Crippen LogP contribution < -0.4 is 21.7 Å². The van der Waals surface area contributed by atoms with Crippen molar-refractivity contribution in [1.29, 1.82) is 0 Å². The summed E-state index contributed by atoms with van der Waals surface area (Å²) < 4.78 is 0. The number of aromatic nitrogens is 3. The Bertz CT molecular complexity index is 1520. The SMILES string of the molecule is Nc1nc(N)c2c(CCN(C(=O)c3cccs3)c3ccc(C(=O)N[C@@H](CCC(=O)O)C(=O)O)cc3)c[nH]c2n1. The summed E-state index contributed by atoms with van der Waals surface area (Å²) in [4.78, 5) is 61.5. The van der Waals surface area contributed by atoms with Crippen molar-refractivity contribution in [3.63, 3.8) is 0 Å². The summed E-state index contributed by atoms with van der Waals surface area (Å²) >= 11 is 1.30. The summed E-state index contributed by atoms with van der Waals surface area (Å²) in [5, 5.41) is 22.9. The zero-order valence-electron chi connectivity index (χ0n) is 20.5. The standard InChI is InChI=1S/C25H25N7O6S/c26-20-19-14(12-28-21(19)31-25(27)30-20)9-10-32(23(36)17-2-1-11-39-17)15-5-3-13(4-6-15)22(35)29-16(24(37)38)7-8-18(33)34/h1-6,11-12,16H,7-10H2,(H,29,35)(H,33,34)(H,37,38)(H5,26,27,28,30,31)/t16-/m0/s1. The number of thiophene rings is 1. The number of nitrogens with one attached hydrogen (secondary N) is 2. The second-order valence-electron chi connectivity index (χ2n) is 8.53. The summed E-state index contributed by atoms with van der Waals surface area (Å²) in [6, 6.07) is 8.24. The number of carboxylic acid groups (broad SMARTS) is 2. The summed E-state index contributed by atoms with van der Waals surface area (Å²) in [7, 11) is 0. The van der Waals surface area contributed by atoms with Gasteiger partial charge in [-0.15, -0.1) is 11.3 Å². The number of carbonyl (C=O) groups is 4. The zero-order chi connectivity index (χ0) is 28.1. The van der Waals surface area contributed by atoms with Crippen LogP contribution in [0.25, 0.3) is 11.0 Å². The molecule has 13 nitrogen and oxygen atoms in total. The average molecular weight is 552 g/mol. The molecule has 3 aromatic heterocycles. The van der Waals surface area contributed by atoms with E-state index in [9.17, 15) is 24.3 Å². The van der Waals surface area contributed by atoms with Crippen molar-refractivity contribution in [2.45, 2.75) is 25.3 Å². The fraction of sp³-hybridized carbons (Fsp3) is 0.200. The van der Waals surface area contributed by atoms with E-state index in [0.29, 0.717) is 28.0 Å². The van der Waals surface area contributed by atoms with E-state index in [1.54, 1.807) is 40.7 Å². The molecule has 1 atom stereocenters. The van der Waals surface area contributed by atoms with Crippen molar-refractivity contribution in [1.82, 2.24) is 20.3 Å². The van der Waals surface area contributed by atoms with Gasteiger partial charge in [-0.3, -0.25) is 14.4 Å². The van der Waals surface area contributed by atoms with E-state index in [1.165, 1.54) is 23.5 Å². The highest BCUT2D eigenvalue weighted by atomic mass is 32.1. The molecular formula is C25H25N7O6S. The highest BCUT2D eigenvalue weighted by Gasteiger charge is 2.23. The van der Waals surface area contributed by atoms with Crippen molar-refractivity contribution in [3.05, 3.63) is 64.0 Å². The van der Waals surface area contributed by atoms with Crippen LogP contribution in [0.2, 0.25) is 0 Å². The van der Waals surface area contributed by atoms with Gasteiger partial charge in [0.05, 0.1) is 10.3 Å². The minimum Gasteiger partial charge on any atom is -0.481 e. The third kappa shape index (κ3) is 6.30. The number of amides is 2. The molecule has 0 fully saturated rings. The Balaban J connectivity index is 1.55. The molecule has 2 amide bonds. The second kappa shape index (κ2) is 11.6. The van der Waals surface area contributed by atoms with Gasteiger partial charge in [0, 0.05) is 30.4 Å². The summed E-state index contributed by atoms with van der Waals surface area (Å²) in [5.74, 6) is -3.15. The Morgan fingerprint density at radius 3 is 2.46 bits per heavy atom. The van der Waals surface area contributed by atoms with Gasteiger partial charge >= 0.3 is 11.9 Å². The topological polar surface area (TPSA) is 218 Å². The van der Waals surface area contributed by atoms with Gasteiger partial charge in [-0.2, -0.15) is 9.97 Å². The quantitative estimate of drug-likeness (QED) is 0.159. The van der Waals surface area contributed by atoms with Crippen LogP contribution in [0, 0.1) is 0 Å². The Morgan fingerprint density at radius 2 is 1.82 bits per heavy atom. The number of nitrogen functional groups attached to an aromatic ring is 2. The van der Waals surface area contributed by atoms with Gasteiger partial charge in [0.25, 0.3) is 11.8 Å². The maximum absolute atomic E-state index is 13.4. The summed E-state index contributed by atoms with van der Waals surface area (Å²) in [6.45, 7) is 0.259. The van der Waals surface area contributed by atoms with E-state index >= 15 is 0 Å². The molecule has 0 bridgehead atoms. The normalized spacial score (nSPS) is 11.7. The van der Waals surface area contributed by atoms with Gasteiger partial charge in [0.2, 0.25) is 5.95 Å². The minimum absolute atomic E-state index is 0.0450. The molecule has 0 saturated carbocycles. The maximum Gasteiger partial charge on any atom is 0.326 e. The molecule has 0 spiro atoms. The molecule has 0 saturated heterocycles. The molecule has 3 heterocycles. The number of fused-ring (bicyclic) bond motifs is 1. The van der Waals surface area contributed by atoms with Crippen molar-refractivity contribution in [3.8, 4) is 0 Å². The number of anilines is 3. The first-order valence-electron chi connectivity index (χ1n) is 11.7. The van der Waals surface area contributed by atoms with Crippen LogP contribution in [0.4, 0.5) is 17.5 Å². The van der Waals surface area contributed by atoms with E-state index in [4.69, 9.17) is 16.6 Å². The molecule has 0 aliphatic heterocycles. The molecule has 8 N–H and O–H groups in total. The second-order valence-corrected chi connectivity index (χ2v) is 9.48. The Labute approximate surface area is 225 Å². The molecule has 0 aliphatic carbocycles. The average Bonchev–Trinajstić information content (AvgIpc) is 3.57. The van der Waals surface area contributed by atoms with Crippen LogP contribution in [0.5, 0.6) is 0 Å². The first kappa shape index (κ1) is 27.1. The van der Waals surface area contributed by atoms with Gasteiger partial charge in [-0.1, -0.05) is 6.07 Å². The van der Waals surface area contributed by atoms with Gasteiger partial charge < -0.3 is 36.9 Å². The number of rotatable bonds is 11. The molecule has 4 rings (SSSR count). The fourth-order valence-corrected chi connectivity index (χ4v) is 4.69. The first-order chi connectivity index (χ1) is 18.6. The Morgan fingerprint density at radius 1 is 1.08 bits per heavy atom. The van der Waals surface area contributed by atoms with Gasteiger partial charge in [0.1, 0.15) is 17.5 Å². The summed E-state index contributed by atoms with van der Waals surface area (Å²) in [6.07, 6.45) is 1.48. The molecule has 1 aromatic carbocycles. The lowest BCUT2D eigenvalue weighted by molar-refractivity contribution is -0.140. The predicted molar refractivity (Wildman–Crippen MR) is 145 cm³/mol. The lowest BCUT2D eigenvalue weighted by Crippen LogP contribution is -2.41. The van der Waals surface area contributed by atoms with Crippen LogP contribution in [0.1, 0.15) is 38.4 Å². The van der Waals surface area contributed by atoms with E-state index in [0.717, 1.165) is 5.56 Å². The van der Waals surface area contributed by atoms with E-state index in [-0.39, 0.29) is 36.2 Å².